The molecule has 1 aliphatic heterocycles. The van der Waals surface area contributed by atoms with Crippen LogP contribution in [0.3, 0.4) is 0 Å². The van der Waals surface area contributed by atoms with Crippen LogP contribution in [0.5, 0.6) is 0 Å². The van der Waals surface area contributed by atoms with Gasteiger partial charge in [-0.3, -0.25) is 9.59 Å². The Morgan fingerprint density at radius 2 is 2.05 bits per heavy atom. The molecule has 1 fully saturated rings. The van der Waals surface area contributed by atoms with Crippen LogP contribution in [0.1, 0.15) is 33.6 Å². The van der Waals surface area contributed by atoms with Crippen molar-refractivity contribution in [3.8, 4) is 0 Å². The molecular weight excluding hydrogens is 244 g/mol. The summed E-state index contributed by atoms with van der Waals surface area (Å²) in [5.74, 6) is 0.665. The van der Waals surface area contributed by atoms with Gasteiger partial charge in [-0.15, -0.1) is 0 Å². The number of rotatable bonds is 5. The van der Waals surface area contributed by atoms with Gasteiger partial charge in [0.2, 0.25) is 5.91 Å². The molecule has 1 aliphatic rings. The quantitative estimate of drug-likeness (QED) is 0.758. The number of nitrogens with one attached hydrogen (secondary N) is 1. The van der Waals surface area contributed by atoms with Crippen LogP contribution in [0.2, 0.25) is 0 Å². The van der Waals surface area contributed by atoms with Crippen molar-refractivity contribution in [2.45, 2.75) is 39.7 Å². The Morgan fingerprint density at radius 1 is 1.37 bits per heavy atom. The largest absolute Gasteiger partial charge is 0.469 e. The van der Waals surface area contributed by atoms with E-state index in [1.165, 1.54) is 14.0 Å². The van der Waals surface area contributed by atoms with Crippen molar-refractivity contribution in [1.29, 1.82) is 0 Å². The summed E-state index contributed by atoms with van der Waals surface area (Å²) in [4.78, 5) is 25.0. The van der Waals surface area contributed by atoms with E-state index in [1.54, 1.807) is 0 Å². The highest BCUT2D eigenvalue weighted by Gasteiger charge is 2.29. The number of carbonyl (C=O) groups excluding carboxylic acids is 2. The highest BCUT2D eigenvalue weighted by atomic mass is 16.5. The van der Waals surface area contributed by atoms with Crippen molar-refractivity contribution in [2.75, 3.05) is 26.7 Å². The molecule has 19 heavy (non-hydrogen) atoms. The number of ether oxygens (including phenoxy) is 1. The topological polar surface area (TPSA) is 58.6 Å². The summed E-state index contributed by atoms with van der Waals surface area (Å²) in [5, 5.41) is 2.97. The van der Waals surface area contributed by atoms with Gasteiger partial charge in [0.25, 0.3) is 0 Å². The number of carbonyl (C=O) groups is 2. The zero-order valence-electron chi connectivity index (χ0n) is 12.4. The van der Waals surface area contributed by atoms with Crippen molar-refractivity contribution in [1.82, 2.24) is 10.2 Å². The van der Waals surface area contributed by atoms with Gasteiger partial charge in [-0.25, -0.2) is 0 Å². The van der Waals surface area contributed by atoms with Gasteiger partial charge in [0, 0.05) is 39.0 Å². The van der Waals surface area contributed by atoms with Crippen molar-refractivity contribution in [3.63, 3.8) is 0 Å². The normalized spacial score (nSPS) is 24.3. The summed E-state index contributed by atoms with van der Waals surface area (Å²) in [7, 11) is 1.42. The minimum atomic E-state index is -0.169. The van der Waals surface area contributed by atoms with Crippen LogP contribution in [-0.2, 0) is 14.3 Å². The molecule has 0 aromatic heterocycles. The van der Waals surface area contributed by atoms with Crippen molar-refractivity contribution >= 4 is 11.9 Å². The molecule has 0 aromatic rings. The number of methoxy groups -OCH3 is 1. The second kappa shape index (κ2) is 7.48. The fourth-order valence-corrected chi connectivity index (χ4v) is 2.83. The van der Waals surface area contributed by atoms with Crippen LogP contribution in [0.15, 0.2) is 0 Å². The van der Waals surface area contributed by atoms with E-state index in [-0.39, 0.29) is 23.8 Å². The van der Waals surface area contributed by atoms with E-state index in [0.717, 1.165) is 26.1 Å². The van der Waals surface area contributed by atoms with Gasteiger partial charge in [0.05, 0.1) is 7.11 Å². The SMILES string of the molecule is COC(=O)CC1CC(NC(C)=O)CN(CC(C)C)C1. The summed E-state index contributed by atoms with van der Waals surface area (Å²) >= 11 is 0. The van der Waals surface area contributed by atoms with E-state index in [0.29, 0.717) is 12.3 Å². The first-order valence-corrected chi connectivity index (χ1v) is 6.97. The van der Waals surface area contributed by atoms with Crippen LogP contribution in [0.25, 0.3) is 0 Å². The van der Waals surface area contributed by atoms with Crippen LogP contribution < -0.4 is 5.32 Å². The molecule has 2 unspecified atom stereocenters. The van der Waals surface area contributed by atoms with Gasteiger partial charge in [-0.05, 0) is 18.3 Å². The molecule has 1 rings (SSSR count). The lowest BCUT2D eigenvalue weighted by Gasteiger charge is -2.38. The van der Waals surface area contributed by atoms with Crippen molar-refractivity contribution in [3.05, 3.63) is 0 Å². The molecule has 5 heteroatoms. The Bertz CT molecular complexity index is 318. The molecule has 2 atom stereocenters. The van der Waals surface area contributed by atoms with E-state index < -0.39 is 0 Å². The van der Waals surface area contributed by atoms with E-state index in [4.69, 9.17) is 4.74 Å². The lowest BCUT2D eigenvalue weighted by atomic mass is 9.91. The molecule has 1 saturated heterocycles. The fraction of sp³-hybridized carbons (Fsp3) is 0.857. The van der Waals surface area contributed by atoms with Gasteiger partial charge in [0.1, 0.15) is 0 Å². The summed E-state index contributed by atoms with van der Waals surface area (Å²) in [6.45, 7) is 8.66. The molecule has 1 amide bonds. The van der Waals surface area contributed by atoms with Crippen LogP contribution in [-0.4, -0.2) is 49.6 Å². The number of hydrogen-bond acceptors (Lipinski definition) is 4. The molecule has 0 bridgehead atoms. The number of esters is 1. The average Bonchev–Trinajstić information content (AvgIpc) is 2.26. The van der Waals surface area contributed by atoms with Crippen molar-refractivity contribution < 1.29 is 14.3 Å². The molecule has 5 nitrogen and oxygen atoms in total. The summed E-state index contributed by atoms with van der Waals surface area (Å²) in [6.07, 6.45) is 1.28. The Balaban J connectivity index is 2.60. The highest BCUT2D eigenvalue weighted by Crippen LogP contribution is 2.21. The minimum absolute atomic E-state index is 0.00628. The lowest BCUT2D eigenvalue weighted by molar-refractivity contribution is -0.142. The van der Waals surface area contributed by atoms with Gasteiger partial charge in [0.15, 0.2) is 0 Å². The maximum absolute atomic E-state index is 11.4. The molecule has 0 aromatic carbocycles. The number of amides is 1. The predicted octanol–water partition coefficient (Wildman–Crippen LogP) is 1.03. The van der Waals surface area contributed by atoms with Crippen LogP contribution in [0, 0.1) is 11.8 Å². The van der Waals surface area contributed by atoms with Crippen LogP contribution >= 0.6 is 0 Å². The second-order valence-electron chi connectivity index (χ2n) is 5.89. The monoisotopic (exact) mass is 270 g/mol. The van der Waals surface area contributed by atoms with E-state index in [9.17, 15) is 9.59 Å². The lowest BCUT2D eigenvalue weighted by Crippen LogP contribution is -2.51. The Labute approximate surface area is 115 Å². The highest BCUT2D eigenvalue weighted by molar-refractivity contribution is 5.73. The first-order valence-electron chi connectivity index (χ1n) is 6.97. The molecule has 0 saturated carbocycles. The van der Waals surface area contributed by atoms with Crippen molar-refractivity contribution in [2.24, 2.45) is 11.8 Å². The van der Waals surface area contributed by atoms with E-state index in [2.05, 4.69) is 24.1 Å². The Morgan fingerprint density at radius 3 is 2.58 bits per heavy atom. The number of hydrogen-bond donors (Lipinski definition) is 1. The molecular formula is C14H26N2O3. The molecule has 1 heterocycles. The second-order valence-corrected chi connectivity index (χ2v) is 5.89. The standard InChI is InChI=1S/C14H26N2O3/c1-10(2)7-16-8-12(6-14(18)19-4)5-13(9-16)15-11(3)17/h10,12-13H,5-9H2,1-4H3,(H,15,17). The Hall–Kier alpha value is -1.10. The van der Waals surface area contributed by atoms with Gasteiger partial charge in [-0.2, -0.15) is 0 Å². The molecule has 0 aliphatic carbocycles. The third-order valence-electron chi connectivity index (χ3n) is 3.33. The van der Waals surface area contributed by atoms with Gasteiger partial charge in [-0.1, -0.05) is 13.8 Å². The number of likely N-dealkylation sites (tertiary alicyclic amines) is 1. The van der Waals surface area contributed by atoms with Crippen LogP contribution in [0.4, 0.5) is 0 Å². The number of nitrogens with zero attached hydrogens (tertiary/aromatic N) is 1. The molecule has 1 N–H and O–H groups in total. The molecule has 0 spiro atoms. The maximum atomic E-state index is 11.4. The predicted molar refractivity (Wildman–Crippen MR) is 73.6 cm³/mol. The third-order valence-corrected chi connectivity index (χ3v) is 3.33. The summed E-state index contributed by atoms with van der Waals surface area (Å²) < 4.78 is 4.74. The van der Waals surface area contributed by atoms with E-state index >= 15 is 0 Å². The first-order chi connectivity index (χ1) is 8.90. The smallest absolute Gasteiger partial charge is 0.305 e. The average molecular weight is 270 g/mol. The fourth-order valence-electron chi connectivity index (χ4n) is 2.83. The van der Waals surface area contributed by atoms with E-state index in [1.807, 2.05) is 0 Å². The summed E-state index contributed by atoms with van der Waals surface area (Å²) in [6, 6.07) is 0.139. The third kappa shape index (κ3) is 6.05. The summed E-state index contributed by atoms with van der Waals surface area (Å²) in [5.41, 5.74) is 0. The maximum Gasteiger partial charge on any atom is 0.305 e. The zero-order valence-corrected chi connectivity index (χ0v) is 12.4. The van der Waals surface area contributed by atoms with Gasteiger partial charge < -0.3 is 15.0 Å². The molecule has 0 radical (unpaired) electrons. The minimum Gasteiger partial charge on any atom is -0.469 e. The first kappa shape index (κ1) is 16.0. The van der Waals surface area contributed by atoms with Gasteiger partial charge >= 0.3 is 5.97 Å². The molecule has 110 valence electrons. The number of piperidine rings is 1. The zero-order chi connectivity index (χ0) is 14.4. The Kier molecular flexibility index (Phi) is 6.28.